The fourth-order valence-corrected chi connectivity index (χ4v) is 5.60. The van der Waals surface area contributed by atoms with E-state index in [2.05, 4.69) is 26.9 Å². The van der Waals surface area contributed by atoms with E-state index in [1.807, 2.05) is 31.2 Å². The van der Waals surface area contributed by atoms with Crippen LogP contribution < -0.4 is 15.4 Å². The number of rotatable bonds is 9. The van der Waals surface area contributed by atoms with Gasteiger partial charge in [0.2, 0.25) is 5.91 Å². The summed E-state index contributed by atoms with van der Waals surface area (Å²) in [5, 5.41) is 22.7. The Kier molecular flexibility index (Phi) is 8.23. The SMILES string of the molecule is COc1cccc(CCC(=O)Nc2sc3c(c2C#N)CCC(COC(=O)NC(C)c2cn[nH]c2)C3)c1. The molecule has 2 heterocycles. The minimum atomic E-state index is -0.470. The molecule has 0 aliphatic heterocycles. The fraction of sp³-hybridized carbons (Fsp3) is 0.385. The first-order valence-electron chi connectivity index (χ1n) is 11.9. The number of nitriles is 1. The van der Waals surface area contributed by atoms with Gasteiger partial charge < -0.3 is 20.1 Å². The zero-order chi connectivity index (χ0) is 25.5. The number of nitrogens with zero attached hydrogens (tertiary/aromatic N) is 2. The van der Waals surface area contributed by atoms with Crippen LogP contribution in [0.2, 0.25) is 0 Å². The highest BCUT2D eigenvalue weighted by Crippen LogP contribution is 2.39. The Hall–Kier alpha value is -3.84. The maximum absolute atomic E-state index is 12.6. The third kappa shape index (κ3) is 6.23. The van der Waals surface area contributed by atoms with Gasteiger partial charge in [-0.05, 0) is 61.8 Å². The Morgan fingerprint density at radius 1 is 1.39 bits per heavy atom. The lowest BCUT2D eigenvalue weighted by Gasteiger charge is -2.22. The van der Waals surface area contributed by atoms with Crippen LogP contribution >= 0.6 is 11.3 Å². The summed E-state index contributed by atoms with van der Waals surface area (Å²) in [5.41, 5.74) is 3.44. The van der Waals surface area contributed by atoms with Gasteiger partial charge in [0.25, 0.3) is 0 Å². The van der Waals surface area contributed by atoms with Crippen molar-refractivity contribution >= 4 is 28.3 Å². The Labute approximate surface area is 213 Å². The first-order valence-corrected chi connectivity index (χ1v) is 12.7. The first-order chi connectivity index (χ1) is 17.5. The van der Waals surface area contributed by atoms with Crippen LogP contribution in [0.5, 0.6) is 5.75 Å². The highest BCUT2D eigenvalue weighted by molar-refractivity contribution is 7.16. The van der Waals surface area contributed by atoms with Crippen LogP contribution in [0.25, 0.3) is 0 Å². The van der Waals surface area contributed by atoms with Crippen molar-refractivity contribution in [1.29, 1.82) is 5.26 Å². The molecular weight excluding hydrogens is 478 g/mol. The molecule has 188 valence electrons. The van der Waals surface area contributed by atoms with Gasteiger partial charge in [-0.3, -0.25) is 9.89 Å². The lowest BCUT2D eigenvalue weighted by Crippen LogP contribution is -2.30. The van der Waals surface area contributed by atoms with E-state index >= 15 is 0 Å². The molecule has 3 N–H and O–H groups in total. The van der Waals surface area contributed by atoms with Gasteiger partial charge in [-0.2, -0.15) is 10.4 Å². The molecule has 0 saturated carbocycles. The number of alkyl carbamates (subject to hydrolysis) is 1. The van der Waals surface area contributed by atoms with Crippen LogP contribution in [0.15, 0.2) is 36.7 Å². The smallest absolute Gasteiger partial charge is 0.407 e. The van der Waals surface area contributed by atoms with Crippen molar-refractivity contribution in [1.82, 2.24) is 15.5 Å². The summed E-state index contributed by atoms with van der Waals surface area (Å²) in [6, 6.07) is 9.71. The van der Waals surface area contributed by atoms with Gasteiger partial charge in [0, 0.05) is 23.1 Å². The Balaban J connectivity index is 1.30. The number of H-pyrrole nitrogens is 1. The number of amides is 2. The lowest BCUT2D eigenvalue weighted by atomic mass is 9.88. The largest absolute Gasteiger partial charge is 0.497 e. The second-order valence-corrected chi connectivity index (χ2v) is 9.93. The van der Waals surface area contributed by atoms with Gasteiger partial charge in [0.15, 0.2) is 0 Å². The molecule has 0 fully saturated rings. The monoisotopic (exact) mass is 507 g/mol. The molecule has 9 nitrogen and oxygen atoms in total. The number of methoxy groups -OCH3 is 1. The van der Waals surface area contributed by atoms with Crippen molar-refractivity contribution in [2.75, 3.05) is 19.0 Å². The van der Waals surface area contributed by atoms with Crippen LogP contribution in [0.1, 0.15) is 52.9 Å². The number of anilines is 1. The van der Waals surface area contributed by atoms with E-state index in [0.717, 1.165) is 40.2 Å². The van der Waals surface area contributed by atoms with Gasteiger partial charge >= 0.3 is 6.09 Å². The second-order valence-electron chi connectivity index (χ2n) is 8.82. The van der Waals surface area contributed by atoms with Gasteiger partial charge in [0.05, 0.1) is 31.5 Å². The molecular formula is C26H29N5O4S. The molecule has 2 atom stereocenters. The third-order valence-electron chi connectivity index (χ3n) is 6.31. The standard InChI is InChI=1S/C26H29N5O4S/c1-16(19-13-28-29-14-19)30-26(33)35-15-18-6-8-21-22(12-27)25(36-23(21)11-18)31-24(32)9-7-17-4-3-5-20(10-17)34-2/h3-5,10,13-14,16,18H,6-9,11,15H2,1-2H3,(H,28,29)(H,30,33)(H,31,32). The van der Waals surface area contributed by atoms with Crippen LogP contribution in [-0.4, -0.2) is 35.9 Å². The molecule has 2 unspecified atom stereocenters. The van der Waals surface area contributed by atoms with Gasteiger partial charge in [-0.25, -0.2) is 4.79 Å². The number of aromatic nitrogens is 2. The molecule has 4 rings (SSSR count). The number of hydrogen-bond acceptors (Lipinski definition) is 7. The molecule has 1 aliphatic carbocycles. The van der Waals surface area contributed by atoms with Crippen LogP contribution in [0.4, 0.5) is 9.80 Å². The first kappa shape index (κ1) is 25.3. The van der Waals surface area contributed by atoms with E-state index in [1.165, 1.54) is 11.3 Å². The average molecular weight is 508 g/mol. The van der Waals surface area contributed by atoms with Crippen molar-refractivity contribution < 1.29 is 19.1 Å². The molecule has 0 spiro atoms. The number of carbonyl (C=O) groups is 2. The van der Waals surface area contributed by atoms with Gasteiger partial charge in [-0.15, -0.1) is 11.3 Å². The predicted molar refractivity (Wildman–Crippen MR) is 136 cm³/mol. The molecule has 1 aliphatic rings. The molecule has 0 radical (unpaired) electrons. The van der Waals surface area contributed by atoms with Crippen molar-refractivity contribution in [3.8, 4) is 11.8 Å². The van der Waals surface area contributed by atoms with E-state index in [0.29, 0.717) is 36.4 Å². The predicted octanol–water partition coefficient (Wildman–Crippen LogP) is 4.52. The van der Waals surface area contributed by atoms with E-state index in [1.54, 1.807) is 19.5 Å². The number of carbonyl (C=O) groups excluding carboxylic acids is 2. The van der Waals surface area contributed by atoms with E-state index in [-0.39, 0.29) is 17.9 Å². The van der Waals surface area contributed by atoms with Crippen molar-refractivity contribution in [2.45, 2.75) is 45.1 Å². The second kappa shape index (κ2) is 11.7. The van der Waals surface area contributed by atoms with Crippen molar-refractivity contribution in [3.63, 3.8) is 0 Å². The van der Waals surface area contributed by atoms with Gasteiger partial charge in [-0.1, -0.05) is 12.1 Å². The maximum Gasteiger partial charge on any atom is 0.407 e. The molecule has 0 bridgehead atoms. The summed E-state index contributed by atoms with van der Waals surface area (Å²) >= 11 is 1.45. The molecule has 0 saturated heterocycles. The zero-order valence-electron chi connectivity index (χ0n) is 20.3. The Morgan fingerprint density at radius 2 is 2.25 bits per heavy atom. The number of nitrogens with one attached hydrogen (secondary N) is 3. The summed E-state index contributed by atoms with van der Waals surface area (Å²) in [4.78, 5) is 25.9. The van der Waals surface area contributed by atoms with Crippen LogP contribution in [0.3, 0.4) is 0 Å². The molecule has 1 aromatic carbocycles. The van der Waals surface area contributed by atoms with Crippen molar-refractivity contribution in [3.05, 3.63) is 63.8 Å². The number of ether oxygens (including phenoxy) is 2. The lowest BCUT2D eigenvalue weighted by molar-refractivity contribution is -0.116. The minimum Gasteiger partial charge on any atom is -0.497 e. The molecule has 3 aromatic rings. The highest BCUT2D eigenvalue weighted by atomic mass is 32.1. The van der Waals surface area contributed by atoms with E-state index in [9.17, 15) is 14.9 Å². The summed E-state index contributed by atoms with van der Waals surface area (Å²) in [7, 11) is 1.61. The minimum absolute atomic E-state index is 0.129. The number of thiophene rings is 1. The van der Waals surface area contributed by atoms with E-state index < -0.39 is 6.09 Å². The molecule has 36 heavy (non-hydrogen) atoms. The summed E-state index contributed by atoms with van der Waals surface area (Å²) in [6.45, 7) is 2.16. The van der Waals surface area contributed by atoms with Gasteiger partial charge in [0.1, 0.15) is 16.8 Å². The quantitative estimate of drug-likeness (QED) is 0.391. The topological polar surface area (TPSA) is 129 Å². The highest BCUT2D eigenvalue weighted by Gasteiger charge is 2.27. The zero-order valence-corrected chi connectivity index (χ0v) is 21.1. The van der Waals surface area contributed by atoms with Crippen LogP contribution in [0, 0.1) is 17.2 Å². The maximum atomic E-state index is 12.6. The summed E-state index contributed by atoms with van der Waals surface area (Å²) < 4.78 is 10.7. The summed E-state index contributed by atoms with van der Waals surface area (Å²) in [5.74, 6) is 0.791. The third-order valence-corrected chi connectivity index (χ3v) is 7.48. The van der Waals surface area contributed by atoms with Crippen molar-refractivity contribution in [2.24, 2.45) is 5.92 Å². The van der Waals surface area contributed by atoms with E-state index in [4.69, 9.17) is 9.47 Å². The average Bonchev–Trinajstić information content (AvgIpc) is 3.54. The van der Waals surface area contributed by atoms with Crippen LogP contribution in [-0.2, 0) is 28.8 Å². The number of aromatic amines is 1. The summed E-state index contributed by atoms with van der Waals surface area (Å²) in [6.07, 6.45) is 6.04. The fourth-order valence-electron chi connectivity index (χ4n) is 4.27. The molecule has 10 heteroatoms. The number of benzene rings is 1. The molecule has 2 amide bonds. The number of aryl methyl sites for hydroxylation is 1. The normalized spacial score (nSPS) is 15.3. The Morgan fingerprint density at radius 3 is 3.00 bits per heavy atom. The number of hydrogen-bond donors (Lipinski definition) is 3. The Bertz CT molecular complexity index is 1250. The number of fused-ring (bicyclic) bond motifs is 1. The molecule has 2 aromatic heterocycles.